The monoisotopic (exact) mass is 466 g/mol. The van der Waals surface area contributed by atoms with E-state index < -0.39 is 0 Å². The van der Waals surface area contributed by atoms with E-state index in [9.17, 15) is 4.79 Å². The van der Waals surface area contributed by atoms with Crippen LogP contribution in [0.15, 0.2) is 4.47 Å². The lowest BCUT2D eigenvalue weighted by atomic mass is 9.98. The van der Waals surface area contributed by atoms with Gasteiger partial charge in [-0.05, 0) is 79.7 Å². The second-order valence-corrected chi connectivity index (χ2v) is 7.52. The average Bonchev–Trinajstić information content (AvgIpc) is 2.71. The second-order valence-electron chi connectivity index (χ2n) is 6.73. The molecule has 0 aliphatic heterocycles. The SMILES string of the molecule is COc1c(C)c(C)c(OC)c(Br)c1C.COc1c(C)c(C)c(OC)c(C=O)c1C. The summed E-state index contributed by atoms with van der Waals surface area (Å²) in [6.07, 6.45) is 0.809. The first-order valence-corrected chi connectivity index (χ1v) is 9.96. The van der Waals surface area contributed by atoms with Crippen LogP contribution in [0, 0.1) is 41.5 Å². The van der Waals surface area contributed by atoms with Gasteiger partial charge < -0.3 is 18.9 Å². The van der Waals surface area contributed by atoms with Gasteiger partial charge >= 0.3 is 0 Å². The van der Waals surface area contributed by atoms with Crippen molar-refractivity contribution in [2.24, 2.45) is 0 Å². The summed E-state index contributed by atoms with van der Waals surface area (Å²) in [5.74, 6) is 3.21. The molecule has 0 unspecified atom stereocenters. The van der Waals surface area contributed by atoms with Crippen LogP contribution in [0.3, 0.4) is 0 Å². The van der Waals surface area contributed by atoms with Gasteiger partial charge in [0.1, 0.15) is 23.0 Å². The molecule has 29 heavy (non-hydrogen) atoms. The van der Waals surface area contributed by atoms with Crippen LogP contribution in [-0.4, -0.2) is 34.7 Å². The molecule has 0 heterocycles. The molecule has 6 heteroatoms. The van der Waals surface area contributed by atoms with Gasteiger partial charge in [0.05, 0.1) is 38.5 Å². The van der Waals surface area contributed by atoms with Gasteiger partial charge in [-0.15, -0.1) is 0 Å². The zero-order valence-corrected chi connectivity index (χ0v) is 20.6. The first-order valence-electron chi connectivity index (χ1n) is 9.16. The first kappa shape index (κ1) is 24.8. The molecule has 0 N–H and O–H groups in total. The maximum atomic E-state index is 11.0. The van der Waals surface area contributed by atoms with E-state index in [1.165, 1.54) is 0 Å². The minimum absolute atomic E-state index is 0.567. The Labute approximate surface area is 182 Å². The van der Waals surface area contributed by atoms with E-state index in [4.69, 9.17) is 18.9 Å². The van der Waals surface area contributed by atoms with Crippen molar-refractivity contribution in [3.8, 4) is 23.0 Å². The fraction of sp³-hybridized carbons (Fsp3) is 0.435. The standard InChI is InChI=1S/C12H16O3.C11H15BrO2/c1-7-8(2)12(15-5)10(6-13)9(3)11(7)14-4;1-6-7(2)11(14-5)9(12)8(3)10(6)13-4/h6H,1-5H3;1-5H3. The van der Waals surface area contributed by atoms with Gasteiger partial charge in [0, 0.05) is 11.1 Å². The van der Waals surface area contributed by atoms with Crippen molar-refractivity contribution in [1.29, 1.82) is 0 Å². The van der Waals surface area contributed by atoms with Crippen molar-refractivity contribution in [2.75, 3.05) is 28.4 Å². The highest BCUT2D eigenvalue weighted by Crippen LogP contribution is 2.40. The van der Waals surface area contributed by atoms with Crippen molar-refractivity contribution in [3.05, 3.63) is 43.4 Å². The number of halogens is 1. The second kappa shape index (κ2) is 10.5. The number of aldehydes is 1. The molecule has 0 atom stereocenters. The number of rotatable bonds is 5. The Kier molecular flexibility index (Phi) is 9.02. The molecule has 0 aliphatic rings. The van der Waals surface area contributed by atoms with E-state index in [0.29, 0.717) is 11.3 Å². The fourth-order valence-corrected chi connectivity index (χ4v) is 4.07. The summed E-state index contributed by atoms with van der Waals surface area (Å²) in [6, 6.07) is 0. The van der Waals surface area contributed by atoms with Gasteiger partial charge in [0.25, 0.3) is 0 Å². The molecule has 0 spiro atoms. The van der Waals surface area contributed by atoms with Crippen molar-refractivity contribution in [2.45, 2.75) is 41.5 Å². The third-order valence-corrected chi connectivity index (χ3v) is 6.23. The number of methoxy groups -OCH3 is 4. The van der Waals surface area contributed by atoms with Gasteiger partial charge in [0.2, 0.25) is 0 Å². The molecular weight excluding hydrogens is 436 g/mol. The Morgan fingerprint density at radius 2 is 0.897 bits per heavy atom. The lowest BCUT2D eigenvalue weighted by Gasteiger charge is -2.17. The van der Waals surface area contributed by atoms with E-state index >= 15 is 0 Å². The molecule has 2 aromatic rings. The molecule has 5 nitrogen and oxygen atoms in total. The van der Waals surface area contributed by atoms with E-state index in [-0.39, 0.29) is 0 Å². The predicted molar refractivity (Wildman–Crippen MR) is 121 cm³/mol. The van der Waals surface area contributed by atoms with Gasteiger partial charge in [-0.1, -0.05) is 0 Å². The molecule has 0 aromatic heterocycles. The molecule has 160 valence electrons. The summed E-state index contributed by atoms with van der Waals surface area (Å²) < 4.78 is 22.2. The van der Waals surface area contributed by atoms with Crippen LogP contribution >= 0.6 is 15.9 Å². The van der Waals surface area contributed by atoms with Crippen molar-refractivity contribution >= 4 is 22.2 Å². The molecule has 0 fully saturated rings. The molecule has 0 aliphatic carbocycles. The number of ether oxygens (including phenoxy) is 4. The molecule has 0 saturated carbocycles. The highest BCUT2D eigenvalue weighted by Gasteiger charge is 2.18. The van der Waals surface area contributed by atoms with Gasteiger partial charge in [-0.3, -0.25) is 4.79 Å². The Hall–Kier alpha value is -2.21. The van der Waals surface area contributed by atoms with Crippen LogP contribution in [0.5, 0.6) is 23.0 Å². The Bertz CT molecular complexity index is 839. The van der Waals surface area contributed by atoms with E-state index in [1.807, 2.05) is 41.5 Å². The zero-order valence-electron chi connectivity index (χ0n) is 19.0. The van der Waals surface area contributed by atoms with Gasteiger partial charge in [0.15, 0.2) is 6.29 Å². The number of carbonyl (C=O) groups excluding carboxylic acids is 1. The largest absolute Gasteiger partial charge is 0.496 e. The molecule has 0 saturated heterocycles. The van der Waals surface area contributed by atoms with Gasteiger partial charge in [-0.25, -0.2) is 0 Å². The van der Waals surface area contributed by atoms with E-state index in [2.05, 4.69) is 15.9 Å². The minimum atomic E-state index is 0.567. The molecule has 0 amide bonds. The topological polar surface area (TPSA) is 54.0 Å². The summed E-state index contributed by atoms with van der Waals surface area (Å²) in [7, 11) is 6.54. The highest BCUT2D eigenvalue weighted by atomic mass is 79.9. The fourth-order valence-electron chi connectivity index (χ4n) is 3.43. The molecule has 2 rings (SSSR count). The van der Waals surface area contributed by atoms with Crippen molar-refractivity contribution in [1.82, 2.24) is 0 Å². The van der Waals surface area contributed by atoms with Crippen LogP contribution in [0.1, 0.15) is 43.7 Å². The lowest BCUT2D eigenvalue weighted by Crippen LogP contribution is -2.03. The third kappa shape index (κ3) is 4.69. The summed E-state index contributed by atoms with van der Waals surface area (Å²) >= 11 is 3.51. The van der Waals surface area contributed by atoms with E-state index in [1.54, 1.807) is 28.4 Å². The molecule has 2 aromatic carbocycles. The van der Waals surface area contributed by atoms with Crippen LogP contribution in [-0.2, 0) is 0 Å². The van der Waals surface area contributed by atoms with Crippen LogP contribution in [0.25, 0.3) is 0 Å². The summed E-state index contributed by atoms with van der Waals surface area (Å²) in [5.41, 5.74) is 6.67. The number of benzene rings is 2. The van der Waals surface area contributed by atoms with Crippen LogP contribution in [0.4, 0.5) is 0 Å². The lowest BCUT2D eigenvalue weighted by molar-refractivity contribution is 0.111. The smallest absolute Gasteiger partial charge is 0.154 e. The number of hydrogen-bond donors (Lipinski definition) is 0. The number of carbonyl (C=O) groups is 1. The Morgan fingerprint density at radius 3 is 1.28 bits per heavy atom. The number of hydrogen-bond acceptors (Lipinski definition) is 5. The van der Waals surface area contributed by atoms with Gasteiger partial charge in [-0.2, -0.15) is 0 Å². The van der Waals surface area contributed by atoms with Crippen LogP contribution in [0.2, 0.25) is 0 Å². The van der Waals surface area contributed by atoms with Crippen molar-refractivity contribution in [3.63, 3.8) is 0 Å². The summed E-state index contributed by atoms with van der Waals surface area (Å²) in [6.45, 7) is 11.8. The normalized spacial score (nSPS) is 10.0. The molecular formula is C23H31BrO5. The molecule has 0 radical (unpaired) electrons. The minimum Gasteiger partial charge on any atom is -0.496 e. The third-order valence-electron chi connectivity index (χ3n) is 5.28. The van der Waals surface area contributed by atoms with Crippen molar-refractivity contribution < 1.29 is 23.7 Å². The summed E-state index contributed by atoms with van der Waals surface area (Å²) in [5, 5.41) is 0. The molecule has 0 bridgehead atoms. The maximum Gasteiger partial charge on any atom is 0.154 e. The predicted octanol–water partition coefficient (Wildman–Crippen LogP) is 5.83. The summed E-state index contributed by atoms with van der Waals surface area (Å²) in [4.78, 5) is 11.0. The van der Waals surface area contributed by atoms with Crippen LogP contribution < -0.4 is 18.9 Å². The Balaban J connectivity index is 0.000000291. The van der Waals surface area contributed by atoms with E-state index in [0.717, 1.165) is 61.4 Å². The zero-order chi connectivity index (χ0) is 22.5. The maximum absolute atomic E-state index is 11.0. The highest BCUT2D eigenvalue weighted by molar-refractivity contribution is 9.10. The average molecular weight is 467 g/mol. The Morgan fingerprint density at radius 1 is 0.552 bits per heavy atom. The quantitative estimate of drug-likeness (QED) is 0.518. The first-order chi connectivity index (χ1) is 13.6.